The van der Waals surface area contributed by atoms with Crippen LogP contribution in [0.25, 0.3) is 44.1 Å². The first-order valence-electron chi connectivity index (χ1n) is 11.3. The summed E-state index contributed by atoms with van der Waals surface area (Å²) in [5.41, 5.74) is 0.220. The highest BCUT2D eigenvalue weighted by Gasteiger charge is 2.43. The summed E-state index contributed by atoms with van der Waals surface area (Å²) < 4.78 is 43.4. The minimum atomic E-state index is -5.34. The highest BCUT2D eigenvalue weighted by molar-refractivity contribution is 6.15. The number of pyridine rings is 1. The Morgan fingerprint density at radius 3 is 1.81 bits per heavy atom. The van der Waals surface area contributed by atoms with E-state index < -0.39 is 28.8 Å². The van der Waals surface area contributed by atoms with Gasteiger partial charge in [0.2, 0.25) is 0 Å². The minimum absolute atomic E-state index is 0.0421. The number of benzene rings is 4. The van der Waals surface area contributed by atoms with Gasteiger partial charge in [0.15, 0.2) is 0 Å². The zero-order valence-corrected chi connectivity index (χ0v) is 19.0. The van der Waals surface area contributed by atoms with Crippen LogP contribution in [0, 0.1) is 0 Å². The molecule has 2 aromatic heterocycles. The molecule has 6 aromatic rings. The van der Waals surface area contributed by atoms with Crippen molar-refractivity contribution in [3.05, 3.63) is 113 Å². The third kappa shape index (κ3) is 3.41. The number of carbonyl (C=O) groups excluding carboxylic acids is 1. The Kier molecular flexibility index (Phi) is 4.94. The van der Waals surface area contributed by atoms with Crippen molar-refractivity contribution in [3.8, 4) is 17.1 Å². The first-order valence-corrected chi connectivity index (χ1v) is 11.3. The smallest absolute Gasteiger partial charge is 0.455 e. The maximum Gasteiger partial charge on any atom is 0.455 e. The lowest BCUT2D eigenvalue weighted by atomic mass is 10.0. The predicted molar refractivity (Wildman–Crippen MR) is 136 cm³/mol. The zero-order chi connectivity index (χ0) is 25.9. The van der Waals surface area contributed by atoms with Crippen molar-refractivity contribution < 1.29 is 23.1 Å². The third-order valence-corrected chi connectivity index (χ3v) is 6.45. The van der Waals surface area contributed by atoms with E-state index in [9.17, 15) is 27.9 Å². The fraction of sp³-hybridized carbons (Fsp3) is 0.0345. The molecule has 0 aliphatic rings. The van der Waals surface area contributed by atoms with E-state index in [2.05, 4.69) is 0 Å². The summed E-state index contributed by atoms with van der Waals surface area (Å²) in [7, 11) is 0. The fourth-order valence-corrected chi connectivity index (χ4v) is 4.87. The molecule has 6 rings (SSSR count). The van der Waals surface area contributed by atoms with E-state index in [4.69, 9.17) is 0 Å². The number of Topliss-reactive ketones (excluding diaryl/α,β-unsaturated/α-hetero) is 1. The van der Waals surface area contributed by atoms with Crippen LogP contribution in [0.4, 0.5) is 13.2 Å². The maximum atomic E-state index is 13.5. The lowest BCUT2D eigenvalue weighted by Gasteiger charge is -2.16. The Balaban J connectivity index is 1.84. The van der Waals surface area contributed by atoms with Crippen molar-refractivity contribution in [2.45, 2.75) is 6.18 Å². The summed E-state index contributed by atoms with van der Waals surface area (Å²) in [6, 6.07) is 28.3. The second-order valence-corrected chi connectivity index (χ2v) is 8.60. The summed E-state index contributed by atoms with van der Waals surface area (Å²) >= 11 is 0. The molecule has 0 spiro atoms. The van der Waals surface area contributed by atoms with E-state index in [1.807, 2.05) is 59.2 Å². The molecule has 4 aromatic carbocycles. The molecular weight excluding hydrogens is 481 g/mol. The van der Waals surface area contributed by atoms with Crippen LogP contribution in [-0.4, -0.2) is 26.2 Å². The van der Waals surface area contributed by atoms with Crippen LogP contribution in [0.3, 0.4) is 0 Å². The number of nitrogens with zero attached hydrogens (tertiary/aromatic N) is 2. The van der Waals surface area contributed by atoms with Crippen molar-refractivity contribution in [2.24, 2.45) is 0 Å². The van der Waals surface area contributed by atoms with E-state index in [0.29, 0.717) is 10.9 Å². The highest BCUT2D eigenvalue weighted by atomic mass is 19.4. The van der Waals surface area contributed by atoms with Crippen LogP contribution in [0.1, 0.15) is 10.4 Å². The number of carbonyl (C=O) groups is 1. The zero-order valence-electron chi connectivity index (χ0n) is 19.0. The molecule has 0 aliphatic carbocycles. The van der Waals surface area contributed by atoms with E-state index in [0.717, 1.165) is 21.2 Å². The minimum Gasteiger partial charge on any atom is -0.506 e. The molecule has 37 heavy (non-hydrogen) atoms. The van der Waals surface area contributed by atoms with Crippen LogP contribution in [0.2, 0.25) is 0 Å². The molecule has 0 saturated heterocycles. The second kappa shape index (κ2) is 8.09. The molecule has 0 bridgehead atoms. The molecule has 5 nitrogen and oxygen atoms in total. The SMILES string of the molecule is O=C(c1c(O)c2cc3c4ccccc4n(-c4ccccc4)c3cc2n(-c2ccccc2)c1=O)C(F)(F)F. The molecule has 0 aliphatic heterocycles. The summed E-state index contributed by atoms with van der Waals surface area (Å²) in [6.45, 7) is 0. The highest BCUT2D eigenvalue weighted by Crippen LogP contribution is 2.39. The number of aromatic nitrogens is 2. The van der Waals surface area contributed by atoms with Crippen LogP contribution in [0.5, 0.6) is 5.75 Å². The van der Waals surface area contributed by atoms with Gasteiger partial charge in [-0.3, -0.25) is 14.2 Å². The molecule has 0 atom stereocenters. The van der Waals surface area contributed by atoms with Gasteiger partial charge in [0.25, 0.3) is 11.3 Å². The average Bonchev–Trinajstić information content (AvgIpc) is 3.22. The topological polar surface area (TPSA) is 64.2 Å². The van der Waals surface area contributed by atoms with Crippen LogP contribution in [0.15, 0.2) is 102 Å². The summed E-state index contributed by atoms with van der Waals surface area (Å²) in [6.07, 6.45) is -5.34. The lowest BCUT2D eigenvalue weighted by molar-refractivity contribution is -0.0887. The number of para-hydroxylation sites is 3. The standard InChI is InChI=1S/C29H17F3N2O3/c30-29(31,32)27(36)25-26(35)21-15-20-19-13-7-8-14-22(19)33(17-9-3-1-4-10-17)23(20)16-24(21)34(28(25)37)18-11-5-2-6-12-18/h1-16,35H. The van der Waals surface area contributed by atoms with Gasteiger partial charge in [0.1, 0.15) is 11.3 Å². The van der Waals surface area contributed by atoms with Crippen LogP contribution in [-0.2, 0) is 0 Å². The number of rotatable bonds is 3. The summed E-state index contributed by atoms with van der Waals surface area (Å²) in [5.74, 6) is -3.39. The number of hydrogen-bond acceptors (Lipinski definition) is 3. The lowest BCUT2D eigenvalue weighted by Crippen LogP contribution is -2.33. The van der Waals surface area contributed by atoms with Crippen molar-refractivity contribution in [1.82, 2.24) is 9.13 Å². The van der Waals surface area contributed by atoms with Gasteiger partial charge in [0, 0.05) is 27.5 Å². The molecule has 0 radical (unpaired) electrons. The largest absolute Gasteiger partial charge is 0.506 e. The molecule has 182 valence electrons. The maximum absolute atomic E-state index is 13.5. The van der Waals surface area contributed by atoms with E-state index in [-0.39, 0.29) is 16.6 Å². The first-order chi connectivity index (χ1) is 17.8. The summed E-state index contributed by atoms with van der Waals surface area (Å²) in [5, 5.41) is 12.3. The number of alkyl halides is 3. The van der Waals surface area contributed by atoms with Gasteiger partial charge in [-0.15, -0.1) is 0 Å². The molecule has 0 saturated carbocycles. The normalized spacial score (nSPS) is 12.0. The molecule has 2 heterocycles. The van der Waals surface area contributed by atoms with Crippen molar-refractivity contribution in [2.75, 3.05) is 0 Å². The Morgan fingerprint density at radius 2 is 1.19 bits per heavy atom. The molecular formula is C29H17F3N2O3. The third-order valence-electron chi connectivity index (χ3n) is 6.45. The van der Waals surface area contributed by atoms with Gasteiger partial charge in [-0.05, 0) is 42.5 Å². The van der Waals surface area contributed by atoms with Crippen LogP contribution < -0.4 is 5.56 Å². The molecule has 0 unspecified atom stereocenters. The second-order valence-electron chi connectivity index (χ2n) is 8.60. The molecule has 0 amide bonds. The Bertz CT molecular complexity index is 1910. The quantitative estimate of drug-likeness (QED) is 0.282. The monoisotopic (exact) mass is 498 g/mol. The Labute approximate surface area is 207 Å². The number of ketones is 1. The fourth-order valence-electron chi connectivity index (χ4n) is 4.87. The van der Waals surface area contributed by atoms with Crippen molar-refractivity contribution in [1.29, 1.82) is 0 Å². The summed E-state index contributed by atoms with van der Waals surface area (Å²) in [4.78, 5) is 25.7. The van der Waals surface area contributed by atoms with Gasteiger partial charge in [-0.1, -0.05) is 54.6 Å². The molecule has 1 N–H and O–H groups in total. The number of fused-ring (bicyclic) bond motifs is 4. The first kappa shape index (κ1) is 22.6. The molecule has 8 heteroatoms. The van der Waals surface area contributed by atoms with Gasteiger partial charge >= 0.3 is 6.18 Å². The van der Waals surface area contributed by atoms with Gasteiger partial charge in [-0.25, -0.2) is 0 Å². The van der Waals surface area contributed by atoms with E-state index in [1.165, 1.54) is 6.07 Å². The van der Waals surface area contributed by atoms with Crippen molar-refractivity contribution in [3.63, 3.8) is 0 Å². The predicted octanol–water partition coefficient (Wildman–Crippen LogP) is 6.54. The molecule has 0 fully saturated rings. The Morgan fingerprint density at radius 1 is 0.649 bits per heavy atom. The van der Waals surface area contributed by atoms with Gasteiger partial charge in [0.05, 0.1) is 16.6 Å². The van der Waals surface area contributed by atoms with Crippen LogP contribution >= 0.6 is 0 Å². The number of hydrogen-bond donors (Lipinski definition) is 1. The van der Waals surface area contributed by atoms with Gasteiger partial charge < -0.3 is 9.67 Å². The Hall–Kier alpha value is -4.85. The number of halogens is 3. The van der Waals surface area contributed by atoms with Crippen molar-refractivity contribution >= 4 is 38.5 Å². The van der Waals surface area contributed by atoms with E-state index in [1.54, 1.807) is 36.4 Å². The van der Waals surface area contributed by atoms with Gasteiger partial charge in [-0.2, -0.15) is 13.2 Å². The number of aromatic hydroxyl groups is 1. The average molecular weight is 498 g/mol. The van der Waals surface area contributed by atoms with E-state index >= 15 is 0 Å².